The molecule has 0 radical (unpaired) electrons. The molecule has 114 valence electrons. The second-order valence-electron chi connectivity index (χ2n) is 6.20. The van der Waals surface area contributed by atoms with E-state index in [1.165, 1.54) is 27.4 Å². The molecule has 0 aliphatic heterocycles. The Labute approximate surface area is 133 Å². The maximum absolute atomic E-state index is 11.9. The molecule has 4 nitrogen and oxygen atoms in total. The molecule has 0 aliphatic rings. The number of aromatic nitrogens is 2. The van der Waals surface area contributed by atoms with Crippen LogP contribution in [0.15, 0.2) is 46.7 Å². The summed E-state index contributed by atoms with van der Waals surface area (Å²) in [5.74, 6) is 0.779. The average Bonchev–Trinajstić information content (AvgIpc) is 2.93. The fourth-order valence-corrected chi connectivity index (χ4v) is 2.91. The second kappa shape index (κ2) is 5.57. The Morgan fingerprint density at radius 2 is 1.95 bits per heavy atom. The molecule has 0 unspecified atom stereocenters. The van der Waals surface area contributed by atoms with Gasteiger partial charge in [-0.05, 0) is 23.1 Å². The van der Waals surface area contributed by atoms with E-state index in [1.54, 1.807) is 6.20 Å². The second-order valence-corrected chi connectivity index (χ2v) is 7.08. The zero-order chi connectivity index (χ0) is 15.7. The molecule has 2 heterocycles. The quantitative estimate of drug-likeness (QED) is 0.741. The number of benzene rings is 1. The third-order valence-electron chi connectivity index (χ3n) is 3.46. The van der Waals surface area contributed by atoms with Crippen molar-refractivity contribution in [3.8, 4) is 5.75 Å². The number of hydrogen-bond donors (Lipinski definition) is 0. The van der Waals surface area contributed by atoms with E-state index in [4.69, 9.17) is 4.74 Å². The molecule has 0 N–H and O–H groups in total. The van der Waals surface area contributed by atoms with E-state index >= 15 is 0 Å². The number of thiazole rings is 1. The van der Waals surface area contributed by atoms with Crippen LogP contribution in [-0.2, 0) is 12.0 Å². The fourth-order valence-electron chi connectivity index (χ4n) is 2.17. The van der Waals surface area contributed by atoms with E-state index < -0.39 is 0 Å². The molecule has 1 aromatic carbocycles. The minimum Gasteiger partial charge on any atom is -0.487 e. The highest BCUT2D eigenvalue weighted by molar-refractivity contribution is 7.15. The molecule has 22 heavy (non-hydrogen) atoms. The average molecular weight is 314 g/mol. The van der Waals surface area contributed by atoms with Gasteiger partial charge in [-0.1, -0.05) is 32.9 Å². The summed E-state index contributed by atoms with van der Waals surface area (Å²) in [7, 11) is 0. The van der Waals surface area contributed by atoms with Gasteiger partial charge < -0.3 is 4.74 Å². The van der Waals surface area contributed by atoms with Crippen molar-refractivity contribution in [2.24, 2.45) is 0 Å². The number of hydrogen-bond acceptors (Lipinski definition) is 4. The van der Waals surface area contributed by atoms with Gasteiger partial charge in [0, 0.05) is 17.6 Å². The third kappa shape index (κ3) is 3.04. The van der Waals surface area contributed by atoms with Crippen molar-refractivity contribution in [3.05, 3.63) is 63.5 Å². The first-order valence-electron chi connectivity index (χ1n) is 7.12. The summed E-state index contributed by atoms with van der Waals surface area (Å²) in [4.78, 5) is 17.0. The molecule has 3 aromatic rings. The van der Waals surface area contributed by atoms with Gasteiger partial charge in [0.2, 0.25) is 0 Å². The summed E-state index contributed by atoms with van der Waals surface area (Å²) in [6.45, 7) is 6.82. The minimum atomic E-state index is -0.0760. The Kier molecular flexibility index (Phi) is 3.74. The molecule has 0 saturated heterocycles. The molecule has 5 heteroatoms. The monoisotopic (exact) mass is 314 g/mol. The van der Waals surface area contributed by atoms with E-state index in [0.29, 0.717) is 17.3 Å². The van der Waals surface area contributed by atoms with E-state index in [-0.39, 0.29) is 11.0 Å². The van der Waals surface area contributed by atoms with Crippen LogP contribution in [0.3, 0.4) is 0 Å². The van der Waals surface area contributed by atoms with Crippen molar-refractivity contribution in [1.29, 1.82) is 0 Å². The van der Waals surface area contributed by atoms with Crippen LogP contribution >= 0.6 is 11.3 Å². The molecule has 0 bridgehead atoms. The molecule has 0 spiro atoms. The summed E-state index contributed by atoms with van der Waals surface area (Å²) < 4.78 is 7.27. The molecule has 3 rings (SSSR count). The van der Waals surface area contributed by atoms with Crippen molar-refractivity contribution in [1.82, 2.24) is 9.38 Å². The van der Waals surface area contributed by atoms with E-state index in [0.717, 1.165) is 5.75 Å². The van der Waals surface area contributed by atoms with Crippen molar-refractivity contribution in [2.45, 2.75) is 32.8 Å². The van der Waals surface area contributed by atoms with Crippen molar-refractivity contribution in [3.63, 3.8) is 0 Å². The van der Waals surface area contributed by atoms with E-state index in [2.05, 4.69) is 37.9 Å². The van der Waals surface area contributed by atoms with Crippen molar-refractivity contribution in [2.75, 3.05) is 0 Å². The molecule has 0 atom stereocenters. The zero-order valence-corrected chi connectivity index (χ0v) is 13.7. The van der Waals surface area contributed by atoms with Gasteiger partial charge in [0.15, 0.2) is 4.96 Å². The lowest BCUT2D eigenvalue weighted by Crippen LogP contribution is -2.14. The Balaban J connectivity index is 1.75. The molecule has 2 aromatic heterocycles. The first-order chi connectivity index (χ1) is 10.4. The smallest absolute Gasteiger partial charge is 0.258 e. The van der Waals surface area contributed by atoms with Crippen LogP contribution in [0.4, 0.5) is 0 Å². The molecule has 0 aliphatic carbocycles. The SMILES string of the molecule is CC(C)(C)c1ccc(OCc2cc(=O)n3ccsc3n2)cc1. The lowest BCUT2D eigenvalue weighted by molar-refractivity contribution is 0.301. The Bertz CT molecular complexity index is 841. The normalized spacial score (nSPS) is 11.8. The maximum Gasteiger partial charge on any atom is 0.258 e. The van der Waals surface area contributed by atoms with Gasteiger partial charge in [-0.15, -0.1) is 11.3 Å². The number of ether oxygens (including phenoxy) is 1. The van der Waals surface area contributed by atoms with E-state index in [1.807, 2.05) is 17.5 Å². The highest BCUT2D eigenvalue weighted by atomic mass is 32.1. The maximum atomic E-state index is 11.9. The Morgan fingerprint density at radius 1 is 1.23 bits per heavy atom. The Morgan fingerprint density at radius 3 is 2.64 bits per heavy atom. The van der Waals surface area contributed by atoms with E-state index in [9.17, 15) is 4.79 Å². The summed E-state index contributed by atoms with van der Waals surface area (Å²) in [6, 6.07) is 9.57. The molecule has 0 amide bonds. The first-order valence-corrected chi connectivity index (χ1v) is 8.00. The lowest BCUT2D eigenvalue weighted by Gasteiger charge is -2.19. The molecule has 0 saturated carbocycles. The van der Waals surface area contributed by atoms with Crippen LogP contribution in [0, 0.1) is 0 Å². The zero-order valence-electron chi connectivity index (χ0n) is 12.9. The van der Waals surface area contributed by atoms with Crippen LogP contribution < -0.4 is 10.3 Å². The topological polar surface area (TPSA) is 43.6 Å². The number of rotatable bonds is 3. The van der Waals surface area contributed by atoms with Gasteiger partial charge in [-0.2, -0.15) is 0 Å². The standard InChI is InChI=1S/C17H18N2O2S/c1-17(2,3)12-4-6-14(7-5-12)21-11-13-10-15(20)19-8-9-22-16(19)18-13/h4-10H,11H2,1-3H3. The molecule has 0 fully saturated rings. The van der Waals surface area contributed by atoms with Crippen molar-refractivity contribution < 1.29 is 4.74 Å². The largest absolute Gasteiger partial charge is 0.487 e. The van der Waals surface area contributed by atoms with Gasteiger partial charge in [0.05, 0.1) is 5.69 Å². The predicted octanol–water partition coefficient (Wildman–Crippen LogP) is 3.63. The van der Waals surface area contributed by atoms with Crippen LogP contribution in [0.5, 0.6) is 5.75 Å². The number of nitrogens with zero attached hydrogens (tertiary/aromatic N) is 2. The third-order valence-corrected chi connectivity index (χ3v) is 4.22. The minimum absolute atomic E-state index is 0.0760. The van der Waals surface area contributed by atoms with Crippen LogP contribution in [0.25, 0.3) is 4.96 Å². The van der Waals surface area contributed by atoms with Crippen LogP contribution in [0.1, 0.15) is 32.0 Å². The lowest BCUT2D eigenvalue weighted by atomic mass is 9.87. The summed E-state index contributed by atoms with van der Waals surface area (Å²) >= 11 is 1.44. The van der Waals surface area contributed by atoms with Gasteiger partial charge in [0.25, 0.3) is 5.56 Å². The predicted molar refractivity (Wildman–Crippen MR) is 88.8 cm³/mol. The summed E-state index contributed by atoms with van der Waals surface area (Å²) in [6.07, 6.45) is 1.73. The number of fused-ring (bicyclic) bond motifs is 1. The van der Waals surface area contributed by atoms with Crippen LogP contribution in [-0.4, -0.2) is 9.38 Å². The summed E-state index contributed by atoms with van der Waals surface area (Å²) in [5, 5.41) is 1.85. The van der Waals surface area contributed by atoms with Gasteiger partial charge in [0.1, 0.15) is 12.4 Å². The molecular formula is C17H18N2O2S. The molecular weight excluding hydrogens is 296 g/mol. The Hall–Kier alpha value is -2.14. The van der Waals surface area contributed by atoms with Gasteiger partial charge in [-0.25, -0.2) is 4.98 Å². The van der Waals surface area contributed by atoms with Gasteiger partial charge >= 0.3 is 0 Å². The van der Waals surface area contributed by atoms with Gasteiger partial charge in [-0.3, -0.25) is 9.20 Å². The van der Waals surface area contributed by atoms with Crippen molar-refractivity contribution >= 4 is 16.3 Å². The highest BCUT2D eigenvalue weighted by Crippen LogP contribution is 2.24. The highest BCUT2D eigenvalue weighted by Gasteiger charge is 2.13. The fraction of sp³-hybridized carbons (Fsp3) is 0.294. The van der Waals surface area contributed by atoms with Crippen LogP contribution in [0.2, 0.25) is 0 Å². The summed E-state index contributed by atoms with van der Waals surface area (Å²) in [5.41, 5.74) is 1.95. The first kappa shape index (κ1) is 14.8.